The van der Waals surface area contributed by atoms with Gasteiger partial charge in [-0.2, -0.15) is 0 Å². The molecule has 3 N–H and O–H groups in total. The molecule has 1 unspecified atom stereocenters. The van der Waals surface area contributed by atoms with E-state index in [1.54, 1.807) is 6.08 Å². The smallest absolute Gasteiger partial charge is 0.241 e. The molecule has 14 heavy (non-hydrogen) atoms. The van der Waals surface area contributed by atoms with E-state index in [4.69, 9.17) is 17.4 Å². The highest BCUT2D eigenvalue weighted by Crippen LogP contribution is 2.28. The van der Waals surface area contributed by atoms with Crippen molar-refractivity contribution in [2.45, 2.75) is 26.2 Å². The monoisotopic (exact) mass is 214 g/mol. The molecule has 0 spiro atoms. The first-order valence-corrected chi connectivity index (χ1v) is 5.14. The summed E-state index contributed by atoms with van der Waals surface area (Å²) < 4.78 is 0. The lowest BCUT2D eigenvalue weighted by molar-refractivity contribution is -0.123. The molecule has 0 fully saturated rings. The van der Waals surface area contributed by atoms with Crippen LogP contribution in [0.2, 0.25) is 0 Å². The van der Waals surface area contributed by atoms with Crippen LogP contribution in [0.15, 0.2) is 22.8 Å². The molecule has 1 aliphatic rings. The largest absolute Gasteiger partial charge is 0.294 e. The minimum Gasteiger partial charge on any atom is -0.294 e. The predicted molar refractivity (Wildman–Crippen MR) is 57.4 cm³/mol. The second-order valence-electron chi connectivity index (χ2n) is 3.34. The standard InChI is InChI=1S/C10H15ClN2O/c1-2-3-7-4-5-8(6-9(7)11)10(14)13-12/h4,6,8H,2-3,5,12H2,1H3,(H,13,14). The Balaban J connectivity index is 2.66. The Morgan fingerprint density at radius 3 is 3.00 bits per heavy atom. The molecule has 0 aliphatic heterocycles. The van der Waals surface area contributed by atoms with Gasteiger partial charge in [0.05, 0.1) is 5.92 Å². The second kappa shape index (κ2) is 5.17. The van der Waals surface area contributed by atoms with Crippen molar-refractivity contribution in [1.82, 2.24) is 5.43 Å². The van der Waals surface area contributed by atoms with Gasteiger partial charge in [0, 0.05) is 5.03 Å². The third-order valence-electron chi connectivity index (χ3n) is 2.27. The zero-order chi connectivity index (χ0) is 10.6. The van der Waals surface area contributed by atoms with Gasteiger partial charge in [-0.25, -0.2) is 5.84 Å². The summed E-state index contributed by atoms with van der Waals surface area (Å²) in [5.41, 5.74) is 3.27. The molecule has 4 heteroatoms. The number of nitrogens with two attached hydrogens (primary N) is 1. The highest BCUT2D eigenvalue weighted by atomic mass is 35.5. The fraction of sp³-hybridized carbons (Fsp3) is 0.500. The maximum atomic E-state index is 11.2. The average Bonchev–Trinajstić information content (AvgIpc) is 2.20. The van der Waals surface area contributed by atoms with Crippen LogP contribution in [-0.4, -0.2) is 5.91 Å². The van der Waals surface area contributed by atoms with Gasteiger partial charge in [0.25, 0.3) is 0 Å². The SMILES string of the molecule is CCCC1=CCC(C(=O)NN)C=C1Cl. The molecule has 78 valence electrons. The molecule has 0 aromatic carbocycles. The van der Waals surface area contributed by atoms with E-state index in [2.05, 4.69) is 12.3 Å². The molecular weight excluding hydrogens is 200 g/mol. The second-order valence-corrected chi connectivity index (χ2v) is 3.75. The van der Waals surface area contributed by atoms with Crippen molar-refractivity contribution in [2.75, 3.05) is 0 Å². The van der Waals surface area contributed by atoms with Crippen molar-refractivity contribution >= 4 is 17.5 Å². The van der Waals surface area contributed by atoms with Crippen molar-refractivity contribution in [3.63, 3.8) is 0 Å². The number of carbonyl (C=O) groups excluding carboxylic acids is 1. The van der Waals surface area contributed by atoms with Gasteiger partial charge in [-0.1, -0.05) is 37.1 Å². The molecule has 0 bridgehead atoms. The molecule has 0 saturated heterocycles. The van der Waals surface area contributed by atoms with Gasteiger partial charge in [0.1, 0.15) is 0 Å². The summed E-state index contributed by atoms with van der Waals surface area (Å²) in [7, 11) is 0. The quantitative estimate of drug-likeness (QED) is 0.428. The molecule has 1 aliphatic carbocycles. The first-order valence-electron chi connectivity index (χ1n) is 4.76. The summed E-state index contributed by atoms with van der Waals surface area (Å²) >= 11 is 6.03. The summed E-state index contributed by atoms with van der Waals surface area (Å²) in [6.07, 6.45) is 6.50. The van der Waals surface area contributed by atoms with Gasteiger partial charge >= 0.3 is 0 Å². The van der Waals surface area contributed by atoms with Crippen LogP contribution in [0.25, 0.3) is 0 Å². The van der Waals surface area contributed by atoms with E-state index < -0.39 is 0 Å². The third kappa shape index (κ3) is 2.59. The number of carbonyl (C=O) groups is 1. The lowest BCUT2D eigenvalue weighted by Gasteiger charge is -2.16. The van der Waals surface area contributed by atoms with Gasteiger partial charge in [-0.3, -0.25) is 10.2 Å². The number of rotatable bonds is 3. The van der Waals surface area contributed by atoms with E-state index in [9.17, 15) is 4.79 Å². The Bertz CT molecular complexity index is 284. The number of hydrazine groups is 1. The normalized spacial score (nSPS) is 21.2. The summed E-state index contributed by atoms with van der Waals surface area (Å²) in [5.74, 6) is 4.65. The first-order chi connectivity index (χ1) is 6.69. The van der Waals surface area contributed by atoms with Crippen molar-refractivity contribution < 1.29 is 4.79 Å². The minimum absolute atomic E-state index is 0.185. The fourth-order valence-electron chi connectivity index (χ4n) is 1.50. The van der Waals surface area contributed by atoms with E-state index in [1.165, 1.54) is 0 Å². The van der Waals surface area contributed by atoms with E-state index in [0.29, 0.717) is 11.5 Å². The van der Waals surface area contributed by atoms with Gasteiger partial charge in [0.2, 0.25) is 5.91 Å². The first kappa shape index (κ1) is 11.3. The zero-order valence-electron chi connectivity index (χ0n) is 8.22. The maximum Gasteiger partial charge on any atom is 0.241 e. The number of hydrogen-bond donors (Lipinski definition) is 2. The molecule has 0 saturated carbocycles. The number of nitrogens with one attached hydrogen (secondary N) is 1. The number of hydrogen-bond acceptors (Lipinski definition) is 2. The molecule has 0 aromatic heterocycles. The summed E-state index contributed by atoms with van der Waals surface area (Å²) in [4.78, 5) is 11.2. The van der Waals surface area contributed by atoms with Crippen LogP contribution in [0.5, 0.6) is 0 Å². The van der Waals surface area contributed by atoms with Crippen molar-refractivity contribution in [3.05, 3.63) is 22.8 Å². The highest BCUT2D eigenvalue weighted by molar-refractivity contribution is 6.32. The van der Waals surface area contributed by atoms with Gasteiger partial charge in [-0.15, -0.1) is 0 Å². The average molecular weight is 215 g/mol. The van der Waals surface area contributed by atoms with Crippen LogP contribution in [0.3, 0.4) is 0 Å². The lowest BCUT2D eigenvalue weighted by Crippen LogP contribution is -2.35. The topological polar surface area (TPSA) is 55.1 Å². The van der Waals surface area contributed by atoms with E-state index >= 15 is 0 Å². The van der Waals surface area contributed by atoms with Crippen LogP contribution in [-0.2, 0) is 4.79 Å². The molecule has 1 rings (SSSR count). The number of amides is 1. The molecule has 0 aromatic rings. The lowest BCUT2D eigenvalue weighted by atomic mass is 9.94. The summed E-state index contributed by atoms with van der Waals surface area (Å²) in [6.45, 7) is 2.10. The third-order valence-corrected chi connectivity index (χ3v) is 2.64. The molecule has 0 radical (unpaired) electrons. The number of halogens is 1. The highest BCUT2D eigenvalue weighted by Gasteiger charge is 2.19. The van der Waals surface area contributed by atoms with Crippen LogP contribution in [0.4, 0.5) is 0 Å². The maximum absolute atomic E-state index is 11.2. The Labute approximate surface area is 89.0 Å². The Morgan fingerprint density at radius 1 is 1.79 bits per heavy atom. The van der Waals surface area contributed by atoms with Crippen LogP contribution in [0, 0.1) is 5.92 Å². The van der Waals surface area contributed by atoms with Gasteiger partial charge in [0.15, 0.2) is 0 Å². The Morgan fingerprint density at radius 2 is 2.50 bits per heavy atom. The molecule has 0 heterocycles. The molecular formula is C10H15ClN2O. The summed E-state index contributed by atoms with van der Waals surface area (Å²) in [6, 6.07) is 0. The minimum atomic E-state index is -0.215. The van der Waals surface area contributed by atoms with E-state index in [1.807, 2.05) is 6.08 Å². The fourth-order valence-corrected chi connectivity index (χ4v) is 1.82. The van der Waals surface area contributed by atoms with Crippen LogP contribution in [0.1, 0.15) is 26.2 Å². The van der Waals surface area contributed by atoms with Crippen molar-refractivity contribution in [1.29, 1.82) is 0 Å². The van der Waals surface area contributed by atoms with Gasteiger partial charge in [-0.05, 0) is 18.4 Å². The van der Waals surface area contributed by atoms with Crippen LogP contribution >= 0.6 is 11.6 Å². The van der Waals surface area contributed by atoms with E-state index in [0.717, 1.165) is 18.4 Å². The van der Waals surface area contributed by atoms with Gasteiger partial charge < -0.3 is 0 Å². The predicted octanol–water partition coefficient (Wildman–Crippen LogP) is 1.85. The van der Waals surface area contributed by atoms with Crippen molar-refractivity contribution in [3.8, 4) is 0 Å². The van der Waals surface area contributed by atoms with Crippen molar-refractivity contribution in [2.24, 2.45) is 11.8 Å². The number of allylic oxidation sites excluding steroid dienone is 3. The Hall–Kier alpha value is -0.800. The summed E-state index contributed by atoms with van der Waals surface area (Å²) in [5, 5.41) is 0.687. The van der Waals surface area contributed by atoms with Crippen LogP contribution < -0.4 is 11.3 Å². The molecule has 1 atom stereocenters. The molecule has 1 amide bonds. The van der Waals surface area contributed by atoms with E-state index in [-0.39, 0.29) is 11.8 Å². The molecule has 3 nitrogen and oxygen atoms in total. The Kier molecular flexibility index (Phi) is 4.17. The zero-order valence-corrected chi connectivity index (χ0v) is 8.97.